The van der Waals surface area contributed by atoms with Crippen LogP contribution in [0.15, 0.2) is 31.0 Å². The molecule has 17 heavy (non-hydrogen) atoms. The molecular formula is C12H11F2N3. The van der Waals surface area contributed by atoms with Gasteiger partial charge in [-0.05, 0) is 24.1 Å². The molecule has 0 aliphatic carbocycles. The fourth-order valence-corrected chi connectivity index (χ4v) is 1.36. The number of allylic oxidation sites excluding steroid dienone is 1. The molecule has 5 heteroatoms. The minimum Gasteiger partial charge on any atom is -0.220 e. The fraction of sp³-hybridized carbons (Fsp3) is 0.167. The van der Waals surface area contributed by atoms with Crippen molar-refractivity contribution in [3.8, 4) is 5.69 Å². The van der Waals surface area contributed by atoms with E-state index in [-0.39, 0.29) is 0 Å². The lowest BCUT2D eigenvalue weighted by Gasteiger charge is -2.00. The number of nitrogens with zero attached hydrogens (tertiary/aromatic N) is 3. The summed E-state index contributed by atoms with van der Waals surface area (Å²) in [7, 11) is 0. The Morgan fingerprint density at radius 1 is 1.35 bits per heavy atom. The van der Waals surface area contributed by atoms with Crippen molar-refractivity contribution in [3.05, 3.63) is 48.3 Å². The summed E-state index contributed by atoms with van der Waals surface area (Å²) >= 11 is 0. The first kappa shape index (κ1) is 11.4. The molecule has 0 spiro atoms. The molecule has 0 N–H and O–H groups in total. The summed E-state index contributed by atoms with van der Waals surface area (Å²) in [6, 6.07) is 3.56. The lowest BCUT2D eigenvalue weighted by Crippen LogP contribution is -1.96. The molecule has 0 atom stereocenters. The van der Waals surface area contributed by atoms with E-state index in [0.717, 1.165) is 24.1 Å². The van der Waals surface area contributed by atoms with Gasteiger partial charge in [0.1, 0.15) is 5.69 Å². The molecule has 0 bridgehead atoms. The first-order valence-corrected chi connectivity index (χ1v) is 5.17. The maximum Gasteiger partial charge on any atom is 0.160 e. The van der Waals surface area contributed by atoms with Gasteiger partial charge in [0.25, 0.3) is 0 Å². The van der Waals surface area contributed by atoms with Gasteiger partial charge >= 0.3 is 0 Å². The van der Waals surface area contributed by atoms with Crippen molar-refractivity contribution in [1.82, 2.24) is 15.0 Å². The topological polar surface area (TPSA) is 30.7 Å². The van der Waals surface area contributed by atoms with Crippen molar-refractivity contribution < 1.29 is 8.78 Å². The van der Waals surface area contributed by atoms with Crippen LogP contribution < -0.4 is 0 Å². The quantitative estimate of drug-likeness (QED) is 0.818. The van der Waals surface area contributed by atoms with Crippen LogP contribution in [0.2, 0.25) is 0 Å². The summed E-state index contributed by atoms with van der Waals surface area (Å²) in [4.78, 5) is 0. The molecule has 1 aromatic carbocycles. The van der Waals surface area contributed by atoms with Crippen LogP contribution in [-0.4, -0.2) is 15.0 Å². The SMILES string of the molecule is C=C(CC)c1cn(-c2ccc(F)c(F)c2)nn1. The molecule has 3 nitrogen and oxygen atoms in total. The number of benzene rings is 1. The van der Waals surface area contributed by atoms with Crippen LogP contribution in [0, 0.1) is 11.6 Å². The minimum absolute atomic E-state index is 0.423. The molecule has 1 heterocycles. The standard InChI is InChI=1S/C12H11F2N3/c1-3-8(2)12-7-17(16-15-12)9-4-5-10(13)11(14)6-9/h4-7H,2-3H2,1H3. The Morgan fingerprint density at radius 2 is 2.12 bits per heavy atom. The third-order valence-corrected chi connectivity index (χ3v) is 2.45. The Morgan fingerprint density at radius 3 is 2.76 bits per heavy atom. The van der Waals surface area contributed by atoms with E-state index in [1.165, 1.54) is 10.7 Å². The highest BCUT2D eigenvalue weighted by Gasteiger charge is 2.07. The van der Waals surface area contributed by atoms with E-state index in [1.54, 1.807) is 6.20 Å². The lowest BCUT2D eigenvalue weighted by atomic mass is 10.2. The number of aromatic nitrogens is 3. The van der Waals surface area contributed by atoms with E-state index in [0.29, 0.717) is 11.4 Å². The van der Waals surface area contributed by atoms with Gasteiger partial charge in [-0.15, -0.1) is 5.10 Å². The van der Waals surface area contributed by atoms with Crippen LogP contribution >= 0.6 is 0 Å². The van der Waals surface area contributed by atoms with Crippen molar-refractivity contribution in [3.63, 3.8) is 0 Å². The molecule has 0 fully saturated rings. The summed E-state index contributed by atoms with van der Waals surface area (Å²) < 4.78 is 27.2. The van der Waals surface area contributed by atoms with Gasteiger partial charge < -0.3 is 0 Å². The van der Waals surface area contributed by atoms with Crippen LogP contribution in [0.5, 0.6) is 0 Å². The number of rotatable bonds is 3. The zero-order valence-electron chi connectivity index (χ0n) is 9.32. The van der Waals surface area contributed by atoms with Gasteiger partial charge in [0.2, 0.25) is 0 Å². The Bertz CT molecular complexity index is 561. The van der Waals surface area contributed by atoms with Crippen molar-refractivity contribution in [2.24, 2.45) is 0 Å². The van der Waals surface area contributed by atoms with E-state index in [9.17, 15) is 8.78 Å². The summed E-state index contributed by atoms with van der Waals surface area (Å²) in [6.07, 6.45) is 2.40. The molecule has 2 rings (SSSR count). The van der Waals surface area contributed by atoms with E-state index in [4.69, 9.17) is 0 Å². The van der Waals surface area contributed by atoms with Crippen molar-refractivity contribution >= 4 is 5.57 Å². The third-order valence-electron chi connectivity index (χ3n) is 2.45. The summed E-state index contributed by atoms with van der Waals surface area (Å²) in [6.45, 7) is 5.79. The molecule has 0 saturated carbocycles. The van der Waals surface area contributed by atoms with E-state index < -0.39 is 11.6 Å². The molecule has 0 saturated heterocycles. The first-order chi connectivity index (χ1) is 8.11. The van der Waals surface area contributed by atoms with E-state index in [1.807, 2.05) is 6.92 Å². The van der Waals surface area contributed by atoms with Crippen LogP contribution in [-0.2, 0) is 0 Å². The zero-order chi connectivity index (χ0) is 12.4. The Kier molecular flexibility index (Phi) is 2.99. The second-order valence-corrected chi connectivity index (χ2v) is 3.60. The van der Waals surface area contributed by atoms with Crippen LogP contribution in [0.3, 0.4) is 0 Å². The molecule has 0 aliphatic rings. The number of hydrogen-bond donors (Lipinski definition) is 0. The molecular weight excluding hydrogens is 224 g/mol. The fourth-order valence-electron chi connectivity index (χ4n) is 1.36. The molecule has 0 radical (unpaired) electrons. The molecule has 88 valence electrons. The second-order valence-electron chi connectivity index (χ2n) is 3.60. The maximum absolute atomic E-state index is 13.0. The van der Waals surface area contributed by atoms with Gasteiger partial charge in [0.15, 0.2) is 11.6 Å². The average molecular weight is 235 g/mol. The Labute approximate surface area is 97.4 Å². The van der Waals surface area contributed by atoms with Crippen LogP contribution in [0.4, 0.5) is 8.78 Å². The van der Waals surface area contributed by atoms with Crippen molar-refractivity contribution in [2.45, 2.75) is 13.3 Å². The first-order valence-electron chi connectivity index (χ1n) is 5.17. The Balaban J connectivity index is 2.37. The summed E-state index contributed by atoms with van der Waals surface area (Å²) in [5.74, 6) is -1.79. The maximum atomic E-state index is 13.0. The highest BCUT2D eigenvalue weighted by atomic mass is 19.2. The zero-order valence-corrected chi connectivity index (χ0v) is 9.32. The largest absolute Gasteiger partial charge is 0.220 e. The number of halogens is 2. The van der Waals surface area contributed by atoms with E-state index >= 15 is 0 Å². The molecule has 1 aromatic heterocycles. The van der Waals surface area contributed by atoms with Crippen LogP contribution in [0.1, 0.15) is 19.0 Å². The Hall–Kier alpha value is -2.04. The normalized spacial score (nSPS) is 10.5. The lowest BCUT2D eigenvalue weighted by molar-refractivity contribution is 0.507. The average Bonchev–Trinajstić information content (AvgIpc) is 2.81. The van der Waals surface area contributed by atoms with Gasteiger partial charge in [-0.3, -0.25) is 0 Å². The van der Waals surface area contributed by atoms with Gasteiger partial charge in [-0.1, -0.05) is 18.7 Å². The second kappa shape index (κ2) is 4.45. The minimum atomic E-state index is -0.908. The monoisotopic (exact) mass is 235 g/mol. The van der Waals surface area contributed by atoms with Gasteiger partial charge in [0.05, 0.1) is 11.9 Å². The van der Waals surface area contributed by atoms with Crippen LogP contribution in [0.25, 0.3) is 11.3 Å². The van der Waals surface area contributed by atoms with Gasteiger partial charge in [0, 0.05) is 6.07 Å². The predicted octanol–water partition coefficient (Wildman–Crippen LogP) is 2.97. The smallest absolute Gasteiger partial charge is 0.160 e. The summed E-state index contributed by atoms with van der Waals surface area (Å²) in [5.41, 5.74) is 1.92. The van der Waals surface area contributed by atoms with Crippen molar-refractivity contribution in [1.29, 1.82) is 0 Å². The molecule has 2 aromatic rings. The third kappa shape index (κ3) is 2.22. The molecule has 0 amide bonds. The highest BCUT2D eigenvalue weighted by Crippen LogP contribution is 2.16. The van der Waals surface area contributed by atoms with Crippen molar-refractivity contribution in [2.75, 3.05) is 0 Å². The van der Waals surface area contributed by atoms with Gasteiger partial charge in [-0.2, -0.15) is 0 Å². The summed E-state index contributed by atoms with van der Waals surface area (Å²) in [5, 5.41) is 7.76. The molecule has 0 aliphatic heterocycles. The molecule has 0 unspecified atom stereocenters. The highest BCUT2D eigenvalue weighted by molar-refractivity contribution is 5.58. The predicted molar refractivity (Wildman–Crippen MR) is 60.6 cm³/mol. The van der Waals surface area contributed by atoms with E-state index in [2.05, 4.69) is 16.9 Å². The van der Waals surface area contributed by atoms with Gasteiger partial charge in [-0.25, -0.2) is 13.5 Å². The number of hydrogen-bond acceptors (Lipinski definition) is 2.